The van der Waals surface area contributed by atoms with Gasteiger partial charge in [-0.15, -0.1) is 0 Å². The first-order chi connectivity index (χ1) is 6.66. The lowest BCUT2D eigenvalue weighted by Crippen LogP contribution is -2.41. The van der Waals surface area contributed by atoms with Crippen LogP contribution in [0.3, 0.4) is 0 Å². The lowest BCUT2D eigenvalue weighted by Gasteiger charge is -2.40. The van der Waals surface area contributed by atoms with E-state index in [2.05, 4.69) is 11.8 Å². The van der Waals surface area contributed by atoms with Gasteiger partial charge in [0.1, 0.15) is 0 Å². The van der Waals surface area contributed by atoms with Gasteiger partial charge in [0, 0.05) is 0 Å². The topological polar surface area (TPSA) is 46.5 Å². The van der Waals surface area contributed by atoms with Crippen LogP contribution in [0.25, 0.3) is 0 Å². The van der Waals surface area contributed by atoms with Crippen molar-refractivity contribution < 1.29 is 14.9 Å². The second-order valence-corrected chi connectivity index (χ2v) is 5.95. The molecule has 0 spiro atoms. The number of hydrogen-bond donors (Lipinski definition) is 1. The molecular formula is C12H24O3. The Morgan fingerprint density at radius 3 is 2.00 bits per heavy atom. The van der Waals surface area contributed by atoms with Crippen LogP contribution in [-0.4, -0.2) is 11.2 Å². The number of carbonyl (C=O) groups is 1. The van der Waals surface area contributed by atoms with Crippen molar-refractivity contribution in [2.45, 2.75) is 54.4 Å². The minimum Gasteiger partial charge on any atom is -0.301 e. The number of rotatable bonds is 4. The average molecular weight is 216 g/mol. The molecule has 15 heavy (non-hydrogen) atoms. The van der Waals surface area contributed by atoms with Gasteiger partial charge >= 0.3 is 5.97 Å². The second-order valence-electron chi connectivity index (χ2n) is 5.95. The first kappa shape index (κ1) is 14.4. The van der Waals surface area contributed by atoms with Gasteiger partial charge in [0.05, 0.1) is 5.92 Å². The van der Waals surface area contributed by atoms with Crippen molar-refractivity contribution in [3.05, 3.63) is 0 Å². The summed E-state index contributed by atoms with van der Waals surface area (Å²) in [4.78, 5) is 15.5. The molecule has 90 valence electrons. The Labute approximate surface area is 92.8 Å². The zero-order chi connectivity index (χ0) is 12.3. The van der Waals surface area contributed by atoms with Crippen molar-refractivity contribution in [1.82, 2.24) is 0 Å². The lowest BCUT2D eigenvalue weighted by molar-refractivity contribution is -0.246. The molecule has 0 aromatic rings. The highest BCUT2D eigenvalue weighted by Gasteiger charge is 2.43. The molecule has 0 saturated carbocycles. The molecule has 0 heterocycles. The SMILES string of the molecule is CCCC(C)(C)C(C(=O)OO)C(C)(C)C. The predicted molar refractivity (Wildman–Crippen MR) is 60.4 cm³/mol. The normalized spacial score (nSPS) is 14.9. The summed E-state index contributed by atoms with van der Waals surface area (Å²) >= 11 is 0. The van der Waals surface area contributed by atoms with Crippen LogP contribution in [0.5, 0.6) is 0 Å². The molecule has 3 nitrogen and oxygen atoms in total. The minimum absolute atomic E-state index is 0.160. The van der Waals surface area contributed by atoms with Crippen LogP contribution in [0, 0.1) is 16.7 Å². The monoisotopic (exact) mass is 216 g/mol. The first-order valence-electron chi connectivity index (χ1n) is 5.52. The van der Waals surface area contributed by atoms with Gasteiger partial charge < -0.3 is 4.89 Å². The summed E-state index contributed by atoms with van der Waals surface area (Å²) in [7, 11) is 0. The maximum Gasteiger partial charge on any atom is 0.346 e. The molecule has 0 radical (unpaired) electrons. The van der Waals surface area contributed by atoms with Crippen molar-refractivity contribution in [1.29, 1.82) is 0 Å². The van der Waals surface area contributed by atoms with Crippen LogP contribution >= 0.6 is 0 Å². The third kappa shape index (κ3) is 3.82. The smallest absolute Gasteiger partial charge is 0.301 e. The summed E-state index contributed by atoms with van der Waals surface area (Å²) in [6.45, 7) is 12.2. The Morgan fingerprint density at radius 1 is 1.27 bits per heavy atom. The van der Waals surface area contributed by atoms with Gasteiger partial charge in [0.25, 0.3) is 0 Å². The highest BCUT2D eigenvalue weighted by atomic mass is 17.1. The summed E-state index contributed by atoms with van der Waals surface area (Å²) in [5.41, 5.74) is -0.370. The van der Waals surface area contributed by atoms with Crippen LogP contribution in [0.15, 0.2) is 0 Å². The highest BCUT2D eigenvalue weighted by molar-refractivity contribution is 5.73. The van der Waals surface area contributed by atoms with Gasteiger partial charge in [-0.2, -0.15) is 5.26 Å². The van der Waals surface area contributed by atoms with Gasteiger partial charge in [-0.25, -0.2) is 4.79 Å². The maximum atomic E-state index is 11.6. The molecule has 0 fully saturated rings. The van der Waals surface area contributed by atoms with Crippen molar-refractivity contribution in [3.8, 4) is 0 Å². The fraction of sp³-hybridized carbons (Fsp3) is 0.917. The van der Waals surface area contributed by atoms with E-state index in [-0.39, 0.29) is 16.7 Å². The van der Waals surface area contributed by atoms with Crippen LogP contribution in [0.2, 0.25) is 0 Å². The van der Waals surface area contributed by atoms with Gasteiger partial charge in [-0.1, -0.05) is 48.0 Å². The second kappa shape index (κ2) is 4.97. The fourth-order valence-corrected chi connectivity index (χ4v) is 2.69. The molecule has 1 atom stereocenters. The molecule has 1 unspecified atom stereocenters. The number of carbonyl (C=O) groups excluding carboxylic acids is 1. The molecule has 0 saturated heterocycles. The molecule has 0 aromatic heterocycles. The molecule has 3 heteroatoms. The van der Waals surface area contributed by atoms with Crippen molar-refractivity contribution >= 4 is 5.97 Å². The van der Waals surface area contributed by atoms with E-state index in [1.54, 1.807) is 0 Å². The Hall–Kier alpha value is -0.570. The quantitative estimate of drug-likeness (QED) is 0.578. The van der Waals surface area contributed by atoms with E-state index in [9.17, 15) is 4.79 Å². The van der Waals surface area contributed by atoms with Gasteiger partial charge in [0.2, 0.25) is 0 Å². The first-order valence-corrected chi connectivity index (χ1v) is 5.52. The van der Waals surface area contributed by atoms with Crippen LogP contribution in [0.1, 0.15) is 54.4 Å². The van der Waals surface area contributed by atoms with Crippen molar-refractivity contribution in [3.63, 3.8) is 0 Å². The molecule has 0 aromatic carbocycles. The third-order valence-corrected chi connectivity index (χ3v) is 2.87. The van der Waals surface area contributed by atoms with Crippen LogP contribution in [-0.2, 0) is 9.68 Å². The number of hydrogen-bond acceptors (Lipinski definition) is 3. The minimum atomic E-state index is -0.527. The van der Waals surface area contributed by atoms with Crippen molar-refractivity contribution in [2.24, 2.45) is 16.7 Å². The van der Waals surface area contributed by atoms with Crippen molar-refractivity contribution in [2.75, 3.05) is 0 Å². The third-order valence-electron chi connectivity index (χ3n) is 2.87. The average Bonchev–Trinajstić information content (AvgIpc) is 2.00. The molecule has 0 aliphatic rings. The van der Waals surface area contributed by atoms with E-state index >= 15 is 0 Å². The molecule has 0 bridgehead atoms. The fourth-order valence-electron chi connectivity index (χ4n) is 2.69. The molecule has 1 N–H and O–H groups in total. The van der Waals surface area contributed by atoms with E-state index in [1.807, 2.05) is 34.6 Å². The Morgan fingerprint density at radius 2 is 1.73 bits per heavy atom. The molecule has 0 aliphatic carbocycles. The summed E-state index contributed by atoms with van der Waals surface area (Å²) in [5, 5.41) is 8.55. The van der Waals surface area contributed by atoms with Crippen LogP contribution < -0.4 is 0 Å². The van der Waals surface area contributed by atoms with Gasteiger partial charge in [0.15, 0.2) is 0 Å². The van der Waals surface area contributed by atoms with E-state index in [4.69, 9.17) is 5.26 Å². The molecule has 0 amide bonds. The zero-order valence-corrected chi connectivity index (χ0v) is 10.8. The van der Waals surface area contributed by atoms with E-state index in [0.29, 0.717) is 0 Å². The van der Waals surface area contributed by atoms with Crippen LogP contribution in [0.4, 0.5) is 0 Å². The lowest BCUT2D eigenvalue weighted by atomic mass is 9.64. The van der Waals surface area contributed by atoms with E-state index in [0.717, 1.165) is 12.8 Å². The van der Waals surface area contributed by atoms with Gasteiger partial charge in [-0.3, -0.25) is 0 Å². The summed E-state index contributed by atoms with van der Waals surface area (Å²) in [6, 6.07) is 0. The standard InChI is InChI=1S/C12H24O3/c1-7-8-12(5,6)9(10(13)15-14)11(2,3)4/h9,14H,7-8H2,1-6H3. The summed E-state index contributed by atoms with van der Waals surface area (Å²) in [6.07, 6.45) is 1.95. The predicted octanol–water partition coefficient (Wildman–Crippen LogP) is 3.49. The zero-order valence-electron chi connectivity index (χ0n) is 10.8. The van der Waals surface area contributed by atoms with E-state index < -0.39 is 5.97 Å². The molecular weight excluding hydrogens is 192 g/mol. The molecule has 0 rings (SSSR count). The summed E-state index contributed by atoms with van der Waals surface area (Å²) < 4.78 is 0. The van der Waals surface area contributed by atoms with Gasteiger partial charge in [-0.05, 0) is 17.3 Å². The highest BCUT2D eigenvalue weighted by Crippen LogP contribution is 2.43. The summed E-state index contributed by atoms with van der Waals surface area (Å²) in [5.74, 6) is -0.823. The Balaban J connectivity index is 5.02. The largest absolute Gasteiger partial charge is 0.346 e. The Bertz CT molecular complexity index is 213. The Kier molecular flexibility index (Phi) is 4.78. The maximum absolute atomic E-state index is 11.6. The molecule has 0 aliphatic heterocycles. The van der Waals surface area contributed by atoms with E-state index in [1.165, 1.54) is 0 Å².